The van der Waals surface area contributed by atoms with Crippen molar-refractivity contribution in [3.05, 3.63) is 30.3 Å². The van der Waals surface area contributed by atoms with Gasteiger partial charge < -0.3 is 10.5 Å². The van der Waals surface area contributed by atoms with Crippen molar-refractivity contribution in [2.75, 3.05) is 6.61 Å². The molecule has 0 aliphatic carbocycles. The molecule has 0 radical (unpaired) electrons. The van der Waals surface area contributed by atoms with Gasteiger partial charge in [-0.1, -0.05) is 39.0 Å². The minimum absolute atomic E-state index is 0.187. The predicted molar refractivity (Wildman–Crippen MR) is 68.6 cm³/mol. The van der Waals surface area contributed by atoms with Crippen LogP contribution in [0, 0.1) is 5.41 Å². The Morgan fingerprint density at radius 2 is 1.81 bits per heavy atom. The van der Waals surface area contributed by atoms with Crippen molar-refractivity contribution >= 4 is 0 Å². The van der Waals surface area contributed by atoms with E-state index in [9.17, 15) is 0 Å². The van der Waals surface area contributed by atoms with Crippen molar-refractivity contribution in [2.45, 2.75) is 39.7 Å². The fourth-order valence-corrected chi connectivity index (χ4v) is 1.44. The zero-order chi connectivity index (χ0) is 12.0. The third-order valence-corrected chi connectivity index (χ3v) is 2.78. The first-order valence-corrected chi connectivity index (χ1v) is 5.93. The monoisotopic (exact) mass is 221 g/mol. The van der Waals surface area contributed by atoms with Gasteiger partial charge in [0, 0.05) is 6.04 Å². The number of para-hydroxylation sites is 1. The van der Waals surface area contributed by atoms with E-state index in [1.165, 1.54) is 0 Å². The molecule has 0 aliphatic heterocycles. The van der Waals surface area contributed by atoms with Crippen LogP contribution in [0.5, 0.6) is 5.75 Å². The second-order valence-electron chi connectivity index (χ2n) is 5.28. The number of hydrogen-bond acceptors (Lipinski definition) is 2. The first-order valence-electron chi connectivity index (χ1n) is 5.93. The van der Waals surface area contributed by atoms with Gasteiger partial charge in [-0.15, -0.1) is 0 Å². The summed E-state index contributed by atoms with van der Waals surface area (Å²) in [7, 11) is 0. The van der Waals surface area contributed by atoms with Crippen molar-refractivity contribution in [3.8, 4) is 5.75 Å². The molecule has 1 aromatic rings. The molecular formula is C14H23NO. The first-order chi connectivity index (χ1) is 7.50. The van der Waals surface area contributed by atoms with Crippen molar-refractivity contribution in [2.24, 2.45) is 11.1 Å². The van der Waals surface area contributed by atoms with Crippen LogP contribution in [0.1, 0.15) is 33.6 Å². The van der Waals surface area contributed by atoms with Gasteiger partial charge in [0.05, 0.1) is 6.61 Å². The maximum Gasteiger partial charge on any atom is 0.119 e. The van der Waals surface area contributed by atoms with E-state index in [2.05, 4.69) is 20.8 Å². The van der Waals surface area contributed by atoms with Crippen LogP contribution in [0.4, 0.5) is 0 Å². The van der Waals surface area contributed by atoms with E-state index in [1.807, 2.05) is 30.3 Å². The smallest absolute Gasteiger partial charge is 0.119 e. The summed E-state index contributed by atoms with van der Waals surface area (Å²) in [5, 5.41) is 0. The average Bonchev–Trinajstić information content (AvgIpc) is 2.24. The fourth-order valence-electron chi connectivity index (χ4n) is 1.44. The van der Waals surface area contributed by atoms with Crippen LogP contribution in [0.15, 0.2) is 30.3 Å². The third-order valence-electron chi connectivity index (χ3n) is 2.78. The minimum Gasteiger partial charge on any atom is -0.494 e. The Hall–Kier alpha value is -1.02. The van der Waals surface area contributed by atoms with Crippen LogP contribution in [0.2, 0.25) is 0 Å². The van der Waals surface area contributed by atoms with E-state index in [1.54, 1.807) is 0 Å². The van der Waals surface area contributed by atoms with Gasteiger partial charge in [-0.2, -0.15) is 0 Å². The van der Waals surface area contributed by atoms with Crippen molar-refractivity contribution < 1.29 is 4.74 Å². The van der Waals surface area contributed by atoms with Gasteiger partial charge in [0.1, 0.15) is 5.75 Å². The van der Waals surface area contributed by atoms with Crippen LogP contribution in [0.3, 0.4) is 0 Å². The predicted octanol–water partition coefficient (Wildman–Crippen LogP) is 3.22. The number of hydrogen-bond donors (Lipinski definition) is 1. The molecule has 1 rings (SSSR count). The minimum atomic E-state index is 0.187. The fraction of sp³-hybridized carbons (Fsp3) is 0.571. The highest BCUT2D eigenvalue weighted by molar-refractivity contribution is 5.20. The summed E-state index contributed by atoms with van der Waals surface area (Å²) in [5.74, 6) is 0.937. The molecule has 0 amide bonds. The molecule has 0 aromatic heterocycles. The van der Waals surface area contributed by atoms with E-state index >= 15 is 0 Å². The van der Waals surface area contributed by atoms with E-state index < -0.39 is 0 Å². The standard InChI is InChI=1S/C14H23NO/c1-14(2,3)13(15)10-7-11-16-12-8-5-4-6-9-12/h4-6,8-9,13H,7,10-11,15H2,1-3H3. The number of benzene rings is 1. The lowest BCUT2D eigenvalue weighted by Gasteiger charge is -2.26. The molecule has 90 valence electrons. The highest BCUT2D eigenvalue weighted by Crippen LogP contribution is 2.20. The number of ether oxygens (including phenoxy) is 1. The van der Waals surface area contributed by atoms with Crippen LogP contribution in [-0.4, -0.2) is 12.6 Å². The second-order valence-corrected chi connectivity index (χ2v) is 5.28. The lowest BCUT2D eigenvalue weighted by atomic mass is 9.85. The number of nitrogens with two attached hydrogens (primary N) is 1. The van der Waals surface area contributed by atoms with Crippen molar-refractivity contribution in [3.63, 3.8) is 0 Å². The topological polar surface area (TPSA) is 35.2 Å². The Morgan fingerprint density at radius 3 is 2.38 bits per heavy atom. The third kappa shape index (κ3) is 4.67. The zero-order valence-corrected chi connectivity index (χ0v) is 10.6. The zero-order valence-electron chi connectivity index (χ0n) is 10.6. The van der Waals surface area contributed by atoms with E-state index in [4.69, 9.17) is 10.5 Å². The molecule has 2 heteroatoms. The Bertz CT molecular complexity index is 289. The van der Waals surface area contributed by atoms with Gasteiger partial charge in [0.15, 0.2) is 0 Å². The second kappa shape index (κ2) is 5.90. The van der Waals surface area contributed by atoms with Crippen LogP contribution in [-0.2, 0) is 0 Å². The Morgan fingerprint density at radius 1 is 1.19 bits per heavy atom. The molecule has 0 aliphatic rings. The summed E-state index contributed by atoms with van der Waals surface area (Å²) in [6, 6.07) is 10.1. The Balaban J connectivity index is 2.18. The average molecular weight is 221 g/mol. The summed E-state index contributed by atoms with van der Waals surface area (Å²) < 4.78 is 5.61. The van der Waals surface area contributed by atoms with Gasteiger partial charge in [-0.3, -0.25) is 0 Å². The van der Waals surface area contributed by atoms with Gasteiger partial charge >= 0.3 is 0 Å². The molecule has 0 spiro atoms. The van der Waals surface area contributed by atoms with Gasteiger partial charge in [-0.05, 0) is 30.4 Å². The lowest BCUT2D eigenvalue weighted by Crippen LogP contribution is -2.35. The van der Waals surface area contributed by atoms with Crippen molar-refractivity contribution in [1.82, 2.24) is 0 Å². The van der Waals surface area contributed by atoms with Crippen LogP contribution >= 0.6 is 0 Å². The lowest BCUT2D eigenvalue weighted by molar-refractivity contribution is 0.260. The van der Waals surface area contributed by atoms with E-state index in [0.717, 1.165) is 25.2 Å². The van der Waals surface area contributed by atoms with Crippen LogP contribution < -0.4 is 10.5 Å². The molecule has 0 saturated carbocycles. The highest BCUT2D eigenvalue weighted by atomic mass is 16.5. The largest absolute Gasteiger partial charge is 0.494 e. The Kier molecular flexibility index (Phi) is 4.81. The molecule has 0 bridgehead atoms. The highest BCUT2D eigenvalue weighted by Gasteiger charge is 2.19. The van der Waals surface area contributed by atoms with E-state index in [0.29, 0.717) is 0 Å². The van der Waals surface area contributed by atoms with Gasteiger partial charge in [0.25, 0.3) is 0 Å². The summed E-state index contributed by atoms with van der Waals surface area (Å²) in [5.41, 5.74) is 6.26. The molecule has 1 aromatic carbocycles. The first kappa shape index (κ1) is 13.0. The molecular weight excluding hydrogens is 198 g/mol. The maximum atomic E-state index is 6.07. The molecule has 1 unspecified atom stereocenters. The Labute approximate surface area is 98.8 Å². The molecule has 2 N–H and O–H groups in total. The number of rotatable bonds is 5. The summed E-state index contributed by atoms with van der Waals surface area (Å²) in [4.78, 5) is 0. The van der Waals surface area contributed by atoms with Crippen LogP contribution in [0.25, 0.3) is 0 Å². The van der Waals surface area contributed by atoms with E-state index in [-0.39, 0.29) is 11.5 Å². The molecule has 1 atom stereocenters. The maximum absolute atomic E-state index is 6.07. The summed E-state index contributed by atoms with van der Waals surface area (Å²) in [6.45, 7) is 7.27. The SMILES string of the molecule is CC(C)(C)C(N)CCCOc1ccccc1. The van der Waals surface area contributed by atoms with Gasteiger partial charge in [0.2, 0.25) is 0 Å². The molecule has 2 nitrogen and oxygen atoms in total. The molecule has 0 fully saturated rings. The molecule has 0 heterocycles. The quantitative estimate of drug-likeness (QED) is 0.775. The molecule has 16 heavy (non-hydrogen) atoms. The summed E-state index contributed by atoms with van der Waals surface area (Å²) >= 11 is 0. The summed E-state index contributed by atoms with van der Waals surface area (Å²) in [6.07, 6.45) is 2.02. The van der Waals surface area contributed by atoms with Gasteiger partial charge in [-0.25, -0.2) is 0 Å². The van der Waals surface area contributed by atoms with Crippen molar-refractivity contribution in [1.29, 1.82) is 0 Å². The molecule has 0 saturated heterocycles. The normalized spacial score (nSPS) is 13.5.